The summed E-state index contributed by atoms with van der Waals surface area (Å²) in [6.07, 6.45) is 1.97. The highest BCUT2D eigenvalue weighted by Crippen LogP contribution is 2.26. The smallest absolute Gasteiger partial charge is 0.312 e. The van der Waals surface area contributed by atoms with Crippen LogP contribution in [0.25, 0.3) is 0 Å². The van der Waals surface area contributed by atoms with Crippen LogP contribution < -0.4 is 11.1 Å². The Morgan fingerprint density at radius 1 is 1.58 bits per heavy atom. The first kappa shape index (κ1) is 14.3. The van der Waals surface area contributed by atoms with Crippen molar-refractivity contribution in [3.05, 3.63) is 20.8 Å². The molecule has 2 rings (SSSR count). The quantitative estimate of drug-likeness (QED) is 0.879. The number of nitrogens with one attached hydrogen (secondary N) is 1. The van der Waals surface area contributed by atoms with E-state index in [0.717, 1.165) is 28.7 Å². The van der Waals surface area contributed by atoms with E-state index < -0.39 is 6.03 Å². The van der Waals surface area contributed by atoms with Crippen LogP contribution in [0.15, 0.2) is 15.9 Å². The van der Waals surface area contributed by atoms with Crippen LogP contribution in [0, 0.1) is 5.92 Å². The van der Waals surface area contributed by atoms with Gasteiger partial charge in [0.05, 0.1) is 0 Å². The van der Waals surface area contributed by atoms with Crippen LogP contribution in [-0.2, 0) is 0 Å². The number of nitrogens with two attached hydrogens (primary N) is 1. The third-order valence-electron chi connectivity index (χ3n) is 3.18. The second-order valence-corrected chi connectivity index (χ2v) is 6.37. The van der Waals surface area contributed by atoms with Crippen molar-refractivity contribution in [1.29, 1.82) is 0 Å². The highest BCUT2D eigenvalue weighted by molar-refractivity contribution is 9.10. The Bertz CT molecular complexity index is 477. The zero-order valence-corrected chi connectivity index (χ0v) is 12.8. The number of halogens is 1. The van der Waals surface area contributed by atoms with Crippen molar-refractivity contribution < 1.29 is 9.59 Å². The molecule has 2 heterocycles. The molecule has 5 nitrogen and oxygen atoms in total. The van der Waals surface area contributed by atoms with Gasteiger partial charge in [0.2, 0.25) is 0 Å². The van der Waals surface area contributed by atoms with Crippen molar-refractivity contribution in [2.24, 2.45) is 11.7 Å². The second-order valence-electron chi connectivity index (χ2n) is 4.60. The summed E-state index contributed by atoms with van der Waals surface area (Å²) in [4.78, 5) is 25.7. The lowest BCUT2D eigenvalue weighted by molar-refractivity contribution is 0.0679. The van der Waals surface area contributed by atoms with Gasteiger partial charge in [0.1, 0.15) is 4.88 Å². The molecule has 3 N–H and O–H groups in total. The van der Waals surface area contributed by atoms with Crippen molar-refractivity contribution in [3.63, 3.8) is 0 Å². The Hall–Kier alpha value is -1.08. The van der Waals surface area contributed by atoms with Crippen molar-refractivity contribution in [2.75, 3.05) is 19.6 Å². The molecule has 1 aromatic heterocycles. The first-order chi connectivity index (χ1) is 9.08. The number of carbonyl (C=O) groups is 2. The van der Waals surface area contributed by atoms with Crippen LogP contribution in [-0.4, -0.2) is 36.5 Å². The summed E-state index contributed by atoms with van der Waals surface area (Å²) in [5.41, 5.74) is 5.07. The van der Waals surface area contributed by atoms with Gasteiger partial charge in [-0.25, -0.2) is 4.79 Å². The van der Waals surface area contributed by atoms with Gasteiger partial charge in [-0.1, -0.05) is 0 Å². The molecule has 104 valence electrons. The van der Waals surface area contributed by atoms with Gasteiger partial charge in [-0.3, -0.25) is 4.79 Å². The number of hydrogen-bond acceptors (Lipinski definition) is 3. The number of nitrogens with zero attached hydrogens (tertiary/aromatic N) is 1. The second kappa shape index (κ2) is 6.38. The third kappa shape index (κ3) is 3.70. The molecule has 0 aromatic carbocycles. The van der Waals surface area contributed by atoms with Gasteiger partial charge < -0.3 is 16.0 Å². The number of carbonyl (C=O) groups excluding carboxylic acids is 2. The number of likely N-dealkylation sites (tertiary alicyclic amines) is 1. The van der Waals surface area contributed by atoms with E-state index >= 15 is 0 Å². The first-order valence-electron chi connectivity index (χ1n) is 6.13. The summed E-state index contributed by atoms with van der Waals surface area (Å²) in [5.74, 6) is 0.342. The molecule has 1 aliphatic rings. The van der Waals surface area contributed by atoms with Crippen LogP contribution >= 0.6 is 27.3 Å². The van der Waals surface area contributed by atoms with E-state index in [-0.39, 0.29) is 11.8 Å². The van der Waals surface area contributed by atoms with E-state index in [4.69, 9.17) is 5.73 Å². The summed E-state index contributed by atoms with van der Waals surface area (Å²) in [7, 11) is 0. The largest absolute Gasteiger partial charge is 0.352 e. The minimum absolute atomic E-state index is 0.0608. The molecule has 0 spiro atoms. The lowest BCUT2D eigenvalue weighted by atomic mass is 9.98. The van der Waals surface area contributed by atoms with E-state index in [1.165, 1.54) is 11.3 Å². The van der Waals surface area contributed by atoms with Crippen molar-refractivity contribution in [2.45, 2.75) is 12.8 Å². The standard InChI is InChI=1S/C12H16BrN3O2S/c13-9-3-5-19-10(9)11(17)16-4-1-2-8(7-16)6-15-12(14)18/h3,5,8H,1-2,4,6-7H2,(H3,14,15,18). The molecule has 0 bridgehead atoms. The van der Waals surface area contributed by atoms with E-state index in [2.05, 4.69) is 21.2 Å². The maximum Gasteiger partial charge on any atom is 0.312 e. The van der Waals surface area contributed by atoms with Crippen molar-refractivity contribution in [1.82, 2.24) is 10.2 Å². The zero-order chi connectivity index (χ0) is 13.8. The highest BCUT2D eigenvalue weighted by Gasteiger charge is 2.26. The lowest BCUT2D eigenvalue weighted by Crippen LogP contribution is -2.44. The van der Waals surface area contributed by atoms with Gasteiger partial charge in [-0.2, -0.15) is 0 Å². The Balaban J connectivity index is 1.95. The summed E-state index contributed by atoms with van der Waals surface area (Å²) < 4.78 is 0.847. The van der Waals surface area contributed by atoms with Gasteiger partial charge >= 0.3 is 6.03 Å². The molecule has 0 saturated carbocycles. The molecule has 3 amide bonds. The lowest BCUT2D eigenvalue weighted by Gasteiger charge is -2.32. The Kier molecular flexibility index (Phi) is 4.81. The molecule has 1 aliphatic heterocycles. The van der Waals surface area contributed by atoms with E-state index in [1.54, 1.807) is 0 Å². The third-order valence-corrected chi connectivity index (χ3v) is 5.01. The normalized spacial score (nSPS) is 19.2. The number of urea groups is 1. The summed E-state index contributed by atoms with van der Waals surface area (Å²) in [5, 5.41) is 4.51. The monoisotopic (exact) mass is 345 g/mol. The minimum Gasteiger partial charge on any atom is -0.352 e. The maximum absolute atomic E-state index is 12.4. The molecule has 1 saturated heterocycles. The van der Waals surface area contributed by atoms with Gasteiger partial charge in [0.25, 0.3) is 5.91 Å². The van der Waals surface area contributed by atoms with Gasteiger partial charge in [-0.15, -0.1) is 11.3 Å². The fourth-order valence-electron chi connectivity index (χ4n) is 2.25. The van der Waals surface area contributed by atoms with Crippen molar-refractivity contribution >= 4 is 39.2 Å². The average molecular weight is 346 g/mol. The maximum atomic E-state index is 12.4. The predicted molar refractivity (Wildman–Crippen MR) is 78.2 cm³/mol. The van der Waals surface area contributed by atoms with E-state index in [9.17, 15) is 9.59 Å². The topological polar surface area (TPSA) is 75.4 Å². The van der Waals surface area contributed by atoms with Gasteiger partial charge in [0.15, 0.2) is 0 Å². The minimum atomic E-state index is -0.510. The van der Waals surface area contributed by atoms with Crippen LogP contribution in [0.5, 0.6) is 0 Å². The van der Waals surface area contributed by atoms with Crippen LogP contribution in [0.4, 0.5) is 4.79 Å². The average Bonchev–Trinajstić information content (AvgIpc) is 2.82. The van der Waals surface area contributed by atoms with Gasteiger partial charge in [-0.05, 0) is 46.1 Å². The molecule has 1 unspecified atom stereocenters. The van der Waals surface area contributed by atoms with Crippen LogP contribution in [0.1, 0.15) is 22.5 Å². The molecule has 0 radical (unpaired) electrons. The molecule has 0 aliphatic carbocycles. The fourth-order valence-corrected chi connectivity index (χ4v) is 3.76. The molecule has 19 heavy (non-hydrogen) atoms. The number of hydrogen-bond donors (Lipinski definition) is 2. The highest BCUT2D eigenvalue weighted by atomic mass is 79.9. The van der Waals surface area contributed by atoms with Crippen molar-refractivity contribution in [3.8, 4) is 0 Å². The Labute approximate surface area is 124 Å². The van der Waals surface area contributed by atoms with Crippen LogP contribution in [0.2, 0.25) is 0 Å². The number of thiophene rings is 1. The Morgan fingerprint density at radius 3 is 3.00 bits per heavy atom. The molecule has 1 aromatic rings. The number of rotatable bonds is 3. The molecular weight excluding hydrogens is 330 g/mol. The van der Waals surface area contributed by atoms with E-state index in [1.807, 2.05) is 16.3 Å². The van der Waals surface area contributed by atoms with Crippen LogP contribution in [0.3, 0.4) is 0 Å². The fraction of sp³-hybridized carbons (Fsp3) is 0.500. The van der Waals surface area contributed by atoms with E-state index in [0.29, 0.717) is 13.1 Å². The SMILES string of the molecule is NC(=O)NCC1CCCN(C(=O)c2sccc2Br)C1. The molecule has 7 heteroatoms. The molecular formula is C12H16BrN3O2S. The predicted octanol–water partition coefficient (Wildman–Crippen LogP) is 2.03. The number of piperidine rings is 1. The summed E-state index contributed by atoms with van der Waals surface area (Å²) in [6, 6.07) is 1.37. The molecule has 1 fully saturated rings. The first-order valence-corrected chi connectivity index (χ1v) is 7.80. The molecule has 1 atom stereocenters. The van der Waals surface area contributed by atoms with Gasteiger partial charge in [0, 0.05) is 24.1 Å². The zero-order valence-electron chi connectivity index (χ0n) is 10.4. The Morgan fingerprint density at radius 2 is 2.37 bits per heavy atom. The number of primary amides is 1. The number of amides is 3. The summed E-state index contributed by atoms with van der Waals surface area (Å²) >= 11 is 4.83. The summed E-state index contributed by atoms with van der Waals surface area (Å²) in [6.45, 7) is 1.98.